The molecule has 1 amide bonds. The van der Waals surface area contributed by atoms with Crippen molar-refractivity contribution < 1.29 is 9.18 Å². The van der Waals surface area contributed by atoms with Gasteiger partial charge in [0.15, 0.2) is 0 Å². The molecule has 1 aromatic rings. The minimum atomic E-state index is -0.176. The molecule has 1 saturated heterocycles. The Morgan fingerprint density at radius 1 is 1.50 bits per heavy atom. The molecule has 1 aromatic carbocycles. The molecule has 0 bridgehead atoms. The van der Waals surface area contributed by atoms with Crippen LogP contribution in [0.1, 0.15) is 19.8 Å². The highest BCUT2D eigenvalue weighted by Crippen LogP contribution is 2.25. The van der Waals surface area contributed by atoms with E-state index in [9.17, 15) is 9.18 Å². The molecule has 3 nitrogen and oxygen atoms in total. The van der Waals surface area contributed by atoms with Crippen molar-refractivity contribution in [2.45, 2.75) is 19.8 Å². The third-order valence-electron chi connectivity index (χ3n) is 3.61. The highest BCUT2D eigenvalue weighted by molar-refractivity contribution is 5.77. The summed E-state index contributed by atoms with van der Waals surface area (Å²) in [7, 11) is 0. The molecule has 1 aliphatic rings. The number of benzene rings is 1. The van der Waals surface area contributed by atoms with Crippen molar-refractivity contribution in [3.63, 3.8) is 0 Å². The Labute approximate surface area is 119 Å². The summed E-state index contributed by atoms with van der Waals surface area (Å²) in [4.78, 5) is 13.6. The molecule has 1 N–H and O–H groups in total. The van der Waals surface area contributed by atoms with E-state index in [1.165, 1.54) is 6.07 Å². The fourth-order valence-electron chi connectivity index (χ4n) is 2.48. The summed E-state index contributed by atoms with van der Waals surface area (Å²) in [6, 6.07) is 6.85. The Kier molecular flexibility index (Phi) is 5.16. The molecule has 20 heavy (non-hydrogen) atoms. The molecule has 1 atom stereocenters. The quantitative estimate of drug-likeness (QED) is 0.839. The monoisotopic (exact) mass is 276 g/mol. The summed E-state index contributed by atoms with van der Waals surface area (Å²) in [6.07, 6.45) is 5.13. The van der Waals surface area contributed by atoms with Gasteiger partial charge in [-0.05, 0) is 31.4 Å². The summed E-state index contributed by atoms with van der Waals surface area (Å²) in [5.41, 5.74) is 0.662. The van der Waals surface area contributed by atoms with Gasteiger partial charge in [-0.1, -0.05) is 24.3 Å². The van der Waals surface area contributed by atoms with Crippen LogP contribution in [-0.4, -0.2) is 25.5 Å². The zero-order valence-electron chi connectivity index (χ0n) is 11.8. The third-order valence-corrected chi connectivity index (χ3v) is 3.61. The average molecular weight is 276 g/mol. The van der Waals surface area contributed by atoms with E-state index < -0.39 is 0 Å². The highest BCUT2D eigenvalue weighted by atomic mass is 19.1. The predicted octanol–water partition coefficient (Wildman–Crippen LogP) is 2.73. The van der Waals surface area contributed by atoms with Gasteiger partial charge in [0.25, 0.3) is 0 Å². The Hall–Kier alpha value is -1.84. The maximum Gasteiger partial charge on any atom is 0.223 e. The Balaban J connectivity index is 1.81. The van der Waals surface area contributed by atoms with Gasteiger partial charge in [0, 0.05) is 26.1 Å². The molecule has 4 heteroatoms. The number of amides is 1. The van der Waals surface area contributed by atoms with Crippen LogP contribution in [-0.2, 0) is 4.79 Å². The molecule has 0 unspecified atom stereocenters. The van der Waals surface area contributed by atoms with Crippen LogP contribution in [0.2, 0.25) is 0 Å². The number of hydrogen-bond donors (Lipinski definition) is 1. The molecule has 0 saturated carbocycles. The minimum absolute atomic E-state index is 0.0486. The van der Waals surface area contributed by atoms with Gasteiger partial charge < -0.3 is 10.2 Å². The van der Waals surface area contributed by atoms with Crippen LogP contribution >= 0.6 is 0 Å². The summed E-state index contributed by atoms with van der Waals surface area (Å²) in [5.74, 6) is 0.266. The van der Waals surface area contributed by atoms with Gasteiger partial charge in [-0.3, -0.25) is 4.79 Å². The van der Waals surface area contributed by atoms with E-state index in [1.54, 1.807) is 6.07 Å². The summed E-state index contributed by atoms with van der Waals surface area (Å²) in [5, 5.41) is 2.94. The molecule has 0 aliphatic carbocycles. The van der Waals surface area contributed by atoms with Crippen LogP contribution in [0, 0.1) is 11.7 Å². The standard InChI is InChI=1S/C16H21FN2O/c1-2-3-8-16(20)18-11-13-9-10-19(12-13)15-7-5-4-6-14(15)17/h2-7,13H,8-12H2,1H3,(H,18,20)/b3-2+/t13-/m0/s1. The van der Waals surface area contributed by atoms with E-state index in [0.29, 0.717) is 24.6 Å². The lowest BCUT2D eigenvalue weighted by molar-refractivity contribution is -0.120. The average Bonchev–Trinajstić information content (AvgIpc) is 2.92. The molecule has 0 spiro atoms. The van der Waals surface area contributed by atoms with Gasteiger partial charge in [-0.2, -0.15) is 0 Å². The Morgan fingerprint density at radius 3 is 3.05 bits per heavy atom. The van der Waals surface area contributed by atoms with Crippen LogP contribution in [0.4, 0.5) is 10.1 Å². The minimum Gasteiger partial charge on any atom is -0.369 e. The molecular formula is C16H21FN2O. The van der Waals surface area contributed by atoms with Crippen molar-refractivity contribution in [1.82, 2.24) is 5.32 Å². The molecule has 2 rings (SSSR count). The second-order valence-corrected chi connectivity index (χ2v) is 5.13. The van der Waals surface area contributed by atoms with Crippen LogP contribution in [0.5, 0.6) is 0 Å². The first-order chi connectivity index (χ1) is 9.70. The maximum absolute atomic E-state index is 13.7. The van der Waals surface area contributed by atoms with Crippen LogP contribution in [0.3, 0.4) is 0 Å². The number of anilines is 1. The lowest BCUT2D eigenvalue weighted by atomic mass is 10.1. The number of nitrogens with zero attached hydrogens (tertiary/aromatic N) is 1. The van der Waals surface area contributed by atoms with E-state index in [-0.39, 0.29) is 11.7 Å². The number of carbonyl (C=O) groups is 1. The number of para-hydroxylation sites is 1. The third kappa shape index (κ3) is 3.83. The lowest BCUT2D eigenvalue weighted by Gasteiger charge is -2.19. The molecular weight excluding hydrogens is 255 g/mol. The van der Waals surface area contributed by atoms with Crippen molar-refractivity contribution >= 4 is 11.6 Å². The van der Waals surface area contributed by atoms with Crippen molar-refractivity contribution in [1.29, 1.82) is 0 Å². The second kappa shape index (κ2) is 7.08. The number of rotatable bonds is 5. The zero-order chi connectivity index (χ0) is 14.4. The number of halogens is 1. The normalized spacial score (nSPS) is 18.7. The SMILES string of the molecule is C/C=C/CC(=O)NC[C@@H]1CCN(c2ccccc2F)C1. The number of allylic oxidation sites excluding steroid dienone is 1. The fraction of sp³-hybridized carbons (Fsp3) is 0.438. The van der Waals surface area contributed by atoms with E-state index in [1.807, 2.05) is 31.2 Å². The van der Waals surface area contributed by atoms with Crippen LogP contribution in [0.25, 0.3) is 0 Å². The van der Waals surface area contributed by atoms with E-state index >= 15 is 0 Å². The predicted molar refractivity (Wildman–Crippen MR) is 79.2 cm³/mol. The lowest BCUT2D eigenvalue weighted by Crippen LogP contribution is -2.30. The van der Waals surface area contributed by atoms with Gasteiger partial charge in [0.2, 0.25) is 5.91 Å². The van der Waals surface area contributed by atoms with Gasteiger partial charge in [0.1, 0.15) is 5.82 Å². The summed E-state index contributed by atoms with van der Waals surface area (Å²) < 4.78 is 13.7. The number of hydrogen-bond acceptors (Lipinski definition) is 2. The largest absolute Gasteiger partial charge is 0.369 e. The molecule has 1 fully saturated rings. The van der Waals surface area contributed by atoms with Crippen molar-refractivity contribution in [2.75, 3.05) is 24.5 Å². The highest BCUT2D eigenvalue weighted by Gasteiger charge is 2.24. The topological polar surface area (TPSA) is 32.3 Å². The molecule has 1 heterocycles. The second-order valence-electron chi connectivity index (χ2n) is 5.13. The first kappa shape index (κ1) is 14.6. The summed E-state index contributed by atoms with van der Waals surface area (Å²) >= 11 is 0. The van der Waals surface area contributed by atoms with E-state index in [0.717, 1.165) is 19.5 Å². The van der Waals surface area contributed by atoms with Gasteiger partial charge in [-0.15, -0.1) is 0 Å². The van der Waals surface area contributed by atoms with Crippen molar-refractivity contribution in [2.24, 2.45) is 5.92 Å². The Morgan fingerprint density at radius 2 is 2.30 bits per heavy atom. The van der Waals surface area contributed by atoms with Crippen molar-refractivity contribution in [3.8, 4) is 0 Å². The van der Waals surface area contributed by atoms with Crippen LogP contribution < -0.4 is 10.2 Å². The Bertz CT molecular complexity index is 487. The van der Waals surface area contributed by atoms with E-state index in [2.05, 4.69) is 10.2 Å². The van der Waals surface area contributed by atoms with Gasteiger partial charge in [-0.25, -0.2) is 4.39 Å². The van der Waals surface area contributed by atoms with Crippen molar-refractivity contribution in [3.05, 3.63) is 42.2 Å². The smallest absolute Gasteiger partial charge is 0.223 e. The maximum atomic E-state index is 13.7. The number of nitrogens with one attached hydrogen (secondary N) is 1. The van der Waals surface area contributed by atoms with E-state index in [4.69, 9.17) is 0 Å². The molecule has 0 aromatic heterocycles. The van der Waals surface area contributed by atoms with Gasteiger partial charge >= 0.3 is 0 Å². The first-order valence-corrected chi connectivity index (χ1v) is 7.08. The first-order valence-electron chi connectivity index (χ1n) is 7.08. The van der Waals surface area contributed by atoms with Gasteiger partial charge in [0.05, 0.1) is 5.69 Å². The van der Waals surface area contributed by atoms with Crippen LogP contribution in [0.15, 0.2) is 36.4 Å². The molecule has 108 valence electrons. The fourth-order valence-corrected chi connectivity index (χ4v) is 2.48. The molecule has 1 aliphatic heterocycles. The summed E-state index contributed by atoms with van der Waals surface area (Å²) in [6.45, 7) is 4.21. The molecule has 0 radical (unpaired) electrons. The number of carbonyl (C=O) groups excluding carboxylic acids is 1. The zero-order valence-corrected chi connectivity index (χ0v) is 11.8.